The fourth-order valence-electron chi connectivity index (χ4n) is 0.896. The van der Waals surface area contributed by atoms with Crippen molar-refractivity contribution in [2.75, 3.05) is 6.54 Å². The standard InChI is InChI=1S/C9H12N2S/c1-3-4-5-10-8(2)9-11-6-7-12-9/h1,6-8,10H,4-5H2,2H3. The molecule has 0 saturated carbocycles. The van der Waals surface area contributed by atoms with Crippen molar-refractivity contribution in [2.45, 2.75) is 19.4 Å². The minimum Gasteiger partial charge on any atom is -0.307 e. The number of nitrogens with zero attached hydrogens (tertiary/aromatic N) is 1. The van der Waals surface area contributed by atoms with E-state index in [2.05, 4.69) is 23.1 Å². The fourth-order valence-corrected chi connectivity index (χ4v) is 1.57. The van der Waals surface area contributed by atoms with Gasteiger partial charge >= 0.3 is 0 Å². The molecule has 0 aliphatic heterocycles. The van der Waals surface area contributed by atoms with Gasteiger partial charge in [-0.25, -0.2) is 4.98 Å². The van der Waals surface area contributed by atoms with Gasteiger partial charge in [0.05, 0.1) is 6.04 Å². The lowest BCUT2D eigenvalue weighted by Gasteiger charge is -2.08. The van der Waals surface area contributed by atoms with Crippen molar-refractivity contribution in [2.24, 2.45) is 0 Å². The summed E-state index contributed by atoms with van der Waals surface area (Å²) in [5, 5.41) is 6.39. The molecule has 3 heteroatoms. The van der Waals surface area contributed by atoms with E-state index in [9.17, 15) is 0 Å². The van der Waals surface area contributed by atoms with Crippen LogP contribution in [0.2, 0.25) is 0 Å². The summed E-state index contributed by atoms with van der Waals surface area (Å²) < 4.78 is 0. The SMILES string of the molecule is C#CCCNC(C)c1nccs1. The number of aromatic nitrogens is 1. The van der Waals surface area contributed by atoms with Crippen LogP contribution >= 0.6 is 11.3 Å². The van der Waals surface area contributed by atoms with E-state index in [1.165, 1.54) is 0 Å². The largest absolute Gasteiger partial charge is 0.307 e. The van der Waals surface area contributed by atoms with E-state index in [1.807, 2.05) is 11.6 Å². The minimum atomic E-state index is 0.318. The first-order valence-electron chi connectivity index (χ1n) is 3.91. The summed E-state index contributed by atoms with van der Waals surface area (Å²) in [5.74, 6) is 2.59. The summed E-state index contributed by atoms with van der Waals surface area (Å²) >= 11 is 1.66. The maximum absolute atomic E-state index is 5.13. The second kappa shape index (κ2) is 4.91. The molecule has 1 aromatic rings. The Kier molecular flexibility index (Phi) is 3.78. The second-order valence-corrected chi connectivity index (χ2v) is 3.43. The monoisotopic (exact) mass is 180 g/mol. The van der Waals surface area contributed by atoms with Crippen molar-refractivity contribution in [1.29, 1.82) is 0 Å². The van der Waals surface area contributed by atoms with Crippen LogP contribution in [0.3, 0.4) is 0 Å². The summed E-state index contributed by atoms with van der Waals surface area (Å²) in [6.07, 6.45) is 7.72. The number of nitrogens with one attached hydrogen (secondary N) is 1. The molecule has 1 rings (SSSR count). The van der Waals surface area contributed by atoms with Crippen LogP contribution in [-0.4, -0.2) is 11.5 Å². The van der Waals surface area contributed by atoms with E-state index in [0.717, 1.165) is 18.0 Å². The van der Waals surface area contributed by atoms with Crippen LogP contribution < -0.4 is 5.32 Å². The van der Waals surface area contributed by atoms with E-state index in [4.69, 9.17) is 6.42 Å². The number of terminal acetylenes is 1. The summed E-state index contributed by atoms with van der Waals surface area (Å²) in [5.41, 5.74) is 0. The van der Waals surface area contributed by atoms with E-state index in [1.54, 1.807) is 11.3 Å². The summed E-state index contributed by atoms with van der Waals surface area (Å²) in [7, 11) is 0. The lowest BCUT2D eigenvalue weighted by Crippen LogP contribution is -2.19. The molecule has 0 fully saturated rings. The number of hydrogen-bond acceptors (Lipinski definition) is 3. The van der Waals surface area contributed by atoms with Crippen molar-refractivity contribution in [3.8, 4) is 12.3 Å². The van der Waals surface area contributed by atoms with E-state index < -0.39 is 0 Å². The second-order valence-electron chi connectivity index (χ2n) is 2.50. The Morgan fingerprint density at radius 2 is 2.67 bits per heavy atom. The van der Waals surface area contributed by atoms with Crippen LogP contribution in [0.5, 0.6) is 0 Å². The third-order valence-electron chi connectivity index (χ3n) is 1.54. The average Bonchev–Trinajstić information content (AvgIpc) is 2.56. The van der Waals surface area contributed by atoms with Gasteiger partial charge in [-0.15, -0.1) is 23.7 Å². The quantitative estimate of drug-likeness (QED) is 0.564. The highest BCUT2D eigenvalue weighted by atomic mass is 32.1. The molecule has 0 aliphatic carbocycles. The van der Waals surface area contributed by atoms with Crippen molar-refractivity contribution in [3.63, 3.8) is 0 Å². The Morgan fingerprint density at radius 3 is 3.25 bits per heavy atom. The summed E-state index contributed by atoms with van der Waals surface area (Å²) in [6, 6.07) is 0.318. The summed E-state index contributed by atoms with van der Waals surface area (Å²) in [4.78, 5) is 4.20. The highest BCUT2D eigenvalue weighted by Crippen LogP contribution is 2.13. The topological polar surface area (TPSA) is 24.9 Å². The molecule has 2 nitrogen and oxygen atoms in total. The van der Waals surface area contributed by atoms with Crippen LogP contribution in [0.1, 0.15) is 24.4 Å². The molecule has 1 aromatic heterocycles. The molecular formula is C9H12N2S. The molecule has 0 amide bonds. The Labute approximate surface area is 77.0 Å². The van der Waals surface area contributed by atoms with E-state index >= 15 is 0 Å². The Hall–Kier alpha value is -0.850. The van der Waals surface area contributed by atoms with Crippen molar-refractivity contribution in [3.05, 3.63) is 16.6 Å². The van der Waals surface area contributed by atoms with Gasteiger partial charge in [0.2, 0.25) is 0 Å². The zero-order valence-corrected chi connectivity index (χ0v) is 7.90. The molecule has 0 saturated heterocycles. The van der Waals surface area contributed by atoms with Crippen LogP contribution in [-0.2, 0) is 0 Å². The first-order valence-corrected chi connectivity index (χ1v) is 4.79. The normalized spacial score (nSPS) is 12.3. The summed E-state index contributed by atoms with van der Waals surface area (Å²) in [6.45, 7) is 2.95. The predicted octanol–water partition coefficient (Wildman–Crippen LogP) is 1.82. The van der Waals surface area contributed by atoms with Crippen LogP contribution in [0, 0.1) is 12.3 Å². The van der Waals surface area contributed by atoms with Crippen LogP contribution in [0.25, 0.3) is 0 Å². The zero-order chi connectivity index (χ0) is 8.81. The van der Waals surface area contributed by atoms with Gasteiger partial charge in [-0.3, -0.25) is 0 Å². The maximum Gasteiger partial charge on any atom is 0.109 e. The third kappa shape index (κ3) is 2.65. The molecule has 0 spiro atoms. The van der Waals surface area contributed by atoms with Gasteiger partial charge in [0.1, 0.15) is 5.01 Å². The van der Waals surface area contributed by atoms with Gasteiger partial charge < -0.3 is 5.32 Å². The first-order chi connectivity index (χ1) is 5.84. The Morgan fingerprint density at radius 1 is 1.83 bits per heavy atom. The van der Waals surface area contributed by atoms with Crippen LogP contribution in [0.15, 0.2) is 11.6 Å². The van der Waals surface area contributed by atoms with Crippen molar-refractivity contribution >= 4 is 11.3 Å². The van der Waals surface area contributed by atoms with Crippen molar-refractivity contribution < 1.29 is 0 Å². The molecule has 0 aliphatic rings. The molecule has 0 bridgehead atoms. The van der Waals surface area contributed by atoms with E-state index in [-0.39, 0.29) is 0 Å². The molecule has 1 atom stereocenters. The highest BCUT2D eigenvalue weighted by molar-refractivity contribution is 7.09. The van der Waals surface area contributed by atoms with E-state index in [0.29, 0.717) is 6.04 Å². The maximum atomic E-state index is 5.13. The Bertz CT molecular complexity index is 248. The fraction of sp³-hybridized carbons (Fsp3) is 0.444. The third-order valence-corrected chi connectivity index (χ3v) is 2.50. The molecule has 0 radical (unpaired) electrons. The number of thiazole rings is 1. The zero-order valence-electron chi connectivity index (χ0n) is 7.08. The number of rotatable bonds is 4. The molecule has 12 heavy (non-hydrogen) atoms. The lowest BCUT2D eigenvalue weighted by molar-refractivity contribution is 0.581. The predicted molar refractivity (Wildman–Crippen MR) is 52.0 cm³/mol. The molecule has 64 valence electrons. The molecule has 1 heterocycles. The van der Waals surface area contributed by atoms with Gasteiger partial charge in [0.15, 0.2) is 0 Å². The van der Waals surface area contributed by atoms with Crippen molar-refractivity contribution in [1.82, 2.24) is 10.3 Å². The highest BCUT2D eigenvalue weighted by Gasteiger charge is 2.04. The molecule has 1 N–H and O–H groups in total. The van der Waals surface area contributed by atoms with Gasteiger partial charge in [-0.2, -0.15) is 0 Å². The van der Waals surface area contributed by atoms with Gasteiger partial charge in [-0.05, 0) is 6.92 Å². The van der Waals surface area contributed by atoms with Gasteiger partial charge in [0.25, 0.3) is 0 Å². The average molecular weight is 180 g/mol. The van der Waals surface area contributed by atoms with Crippen LogP contribution in [0.4, 0.5) is 0 Å². The Balaban J connectivity index is 2.30. The lowest BCUT2D eigenvalue weighted by atomic mass is 10.3. The van der Waals surface area contributed by atoms with Gasteiger partial charge in [0, 0.05) is 24.5 Å². The smallest absolute Gasteiger partial charge is 0.109 e. The molecule has 0 aromatic carbocycles. The number of hydrogen-bond donors (Lipinski definition) is 1. The first kappa shape index (κ1) is 9.24. The minimum absolute atomic E-state index is 0.318. The molecular weight excluding hydrogens is 168 g/mol. The van der Waals surface area contributed by atoms with Gasteiger partial charge in [-0.1, -0.05) is 0 Å². The molecule has 1 unspecified atom stereocenters.